The number of nitrogens with zero attached hydrogens (tertiary/aromatic N) is 2. The number of ether oxygens (including phenoxy) is 1. The maximum absolute atomic E-state index is 12.6. The summed E-state index contributed by atoms with van der Waals surface area (Å²) in [6.07, 6.45) is 1.91. The van der Waals surface area contributed by atoms with Gasteiger partial charge < -0.3 is 10.1 Å². The van der Waals surface area contributed by atoms with Gasteiger partial charge in [-0.15, -0.1) is 0 Å². The van der Waals surface area contributed by atoms with Crippen LogP contribution in [-0.2, 0) is 6.54 Å². The molecule has 29 heavy (non-hydrogen) atoms. The van der Waals surface area contributed by atoms with Gasteiger partial charge in [-0.1, -0.05) is 42.5 Å². The van der Waals surface area contributed by atoms with Crippen molar-refractivity contribution in [1.82, 2.24) is 20.4 Å². The van der Waals surface area contributed by atoms with Crippen LogP contribution in [0.1, 0.15) is 28.9 Å². The van der Waals surface area contributed by atoms with Crippen molar-refractivity contribution in [3.63, 3.8) is 0 Å². The summed E-state index contributed by atoms with van der Waals surface area (Å²) < 4.78 is 5.26. The lowest BCUT2D eigenvalue weighted by Gasteiger charge is -2.32. The van der Waals surface area contributed by atoms with Crippen molar-refractivity contribution in [2.75, 3.05) is 20.2 Å². The summed E-state index contributed by atoms with van der Waals surface area (Å²) in [4.78, 5) is 15.1. The Labute approximate surface area is 170 Å². The molecular weight excluding hydrogens is 364 g/mol. The maximum Gasteiger partial charge on any atom is 0.269 e. The Balaban J connectivity index is 1.31. The fourth-order valence-electron chi connectivity index (χ4n) is 3.71. The minimum Gasteiger partial charge on any atom is -0.497 e. The number of methoxy groups -OCH3 is 1. The Morgan fingerprint density at radius 1 is 1.14 bits per heavy atom. The first-order valence-corrected chi connectivity index (χ1v) is 9.98. The van der Waals surface area contributed by atoms with Crippen LogP contribution in [0, 0.1) is 0 Å². The number of hydrogen-bond donors (Lipinski definition) is 2. The first kappa shape index (κ1) is 19.2. The predicted octanol–water partition coefficient (Wildman–Crippen LogP) is 3.48. The second kappa shape index (κ2) is 8.92. The molecule has 150 valence electrons. The van der Waals surface area contributed by atoms with Crippen LogP contribution in [0.3, 0.4) is 0 Å². The van der Waals surface area contributed by atoms with Gasteiger partial charge in [-0.2, -0.15) is 5.10 Å². The van der Waals surface area contributed by atoms with E-state index in [2.05, 4.69) is 44.7 Å². The van der Waals surface area contributed by atoms with E-state index in [-0.39, 0.29) is 11.9 Å². The average Bonchev–Trinajstić information content (AvgIpc) is 3.26. The van der Waals surface area contributed by atoms with E-state index in [1.54, 1.807) is 13.2 Å². The number of rotatable bonds is 6. The molecule has 2 heterocycles. The van der Waals surface area contributed by atoms with Crippen LogP contribution in [-0.4, -0.2) is 47.2 Å². The number of piperidine rings is 1. The third-order valence-electron chi connectivity index (χ3n) is 5.36. The zero-order valence-corrected chi connectivity index (χ0v) is 16.6. The molecule has 0 aliphatic carbocycles. The molecule has 3 aromatic rings. The van der Waals surface area contributed by atoms with Gasteiger partial charge in [0, 0.05) is 31.2 Å². The van der Waals surface area contributed by atoms with E-state index in [1.807, 2.05) is 30.3 Å². The van der Waals surface area contributed by atoms with Crippen LogP contribution < -0.4 is 10.1 Å². The van der Waals surface area contributed by atoms with Crippen molar-refractivity contribution in [2.24, 2.45) is 0 Å². The molecule has 1 fully saturated rings. The number of carbonyl (C=O) groups is 1. The number of amides is 1. The smallest absolute Gasteiger partial charge is 0.269 e. The number of benzene rings is 2. The molecule has 1 saturated heterocycles. The van der Waals surface area contributed by atoms with E-state index in [9.17, 15) is 4.79 Å². The summed E-state index contributed by atoms with van der Waals surface area (Å²) in [5.74, 6) is 0.659. The van der Waals surface area contributed by atoms with E-state index in [1.165, 1.54) is 5.56 Å². The van der Waals surface area contributed by atoms with Gasteiger partial charge in [-0.3, -0.25) is 14.8 Å². The molecule has 0 spiro atoms. The SMILES string of the molecule is COc1cccc(-c2cc(C(=O)NC3CCN(Cc4ccccc4)CC3)[nH]n2)c1. The van der Waals surface area contributed by atoms with Crippen molar-refractivity contribution < 1.29 is 9.53 Å². The summed E-state index contributed by atoms with van der Waals surface area (Å²) in [5.41, 5.74) is 3.45. The van der Waals surface area contributed by atoms with Crippen molar-refractivity contribution in [3.8, 4) is 17.0 Å². The minimum atomic E-state index is -0.104. The van der Waals surface area contributed by atoms with E-state index in [0.29, 0.717) is 5.69 Å². The second-order valence-corrected chi connectivity index (χ2v) is 7.41. The molecule has 0 saturated carbocycles. The Bertz CT molecular complexity index is 946. The van der Waals surface area contributed by atoms with Gasteiger partial charge in [0.15, 0.2) is 0 Å². The van der Waals surface area contributed by atoms with Crippen LogP contribution in [0.4, 0.5) is 0 Å². The molecule has 1 aliphatic heterocycles. The lowest BCUT2D eigenvalue weighted by molar-refractivity contribution is 0.0904. The van der Waals surface area contributed by atoms with Gasteiger partial charge in [0.2, 0.25) is 0 Å². The predicted molar refractivity (Wildman–Crippen MR) is 113 cm³/mol. The van der Waals surface area contributed by atoms with Crippen LogP contribution in [0.25, 0.3) is 11.3 Å². The molecule has 2 aromatic carbocycles. The quantitative estimate of drug-likeness (QED) is 0.676. The molecule has 2 N–H and O–H groups in total. The van der Waals surface area contributed by atoms with Gasteiger partial charge >= 0.3 is 0 Å². The monoisotopic (exact) mass is 390 g/mol. The summed E-state index contributed by atoms with van der Waals surface area (Å²) in [5, 5.41) is 10.3. The molecule has 4 rings (SSSR count). The van der Waals surface area contributed by atoms with Crippen molar-refractivity contribution in [2.45, 2.75) is 25.4 Å². The summed E-state index contributed by atoms with van der Waals surface area (Å²) >= 11 is 0. The number of aromatic amines is 1. The highest BCUT2D eigenvalue weighted by atomic mass is 16.5. The first-order valence-electron chi connectivity index (χ1n) is 9.98. The van der Waals surface area contributed by atoms with Gasteiger partial charge in [0.25, 0.3) is 5.91 Å². The minimum absolute atomic E-state index is 0.104. The van der Waals surface area contributed by atoms with Gasteiger partial charge in [0.1, 0.15) is 11.4 Å². The third kappa shape index (κ3) is 4.84. The molecule has 6 nitrogen and oxygen atoms in total. The summed E-state index contributed by atoms with van der Waals surface area (Å²) in [7, 11) is 1.63. The fourth-order valence-corrected chi connectivity index (χ4v) is 3.71. The molecule has 6 heteroatoms. The lowest BCUT2D eigenvalue weighted by atomic mass is 10.0. The standard InChI is InChI=1S/C23H26N4O2/c1-29-20-9-5-8-18(14-20)21-15-22(26-25-21)23(28)24-19-10-12-27(13-11-19)16-17-6-3-2-4-7-17/h2-9,14-15,19H,10-13,16H2,1H3,(H,24,28)(H,25,26). The number of hydrogen-bond acceptors (Lipinski definition) is 4. The number of likely N-dealkylation sites (tertiary alicyclic amines) is 1. The molecule has 0 bridgehead atoms. The second-order valence-electron chi connectivity index (χ2n) is 7.41. The van der Waals surface area contributed by atoms with Crippen molar-refractivity contribution in [3.05, 3.63) is 71.9 Å². The molecule has 1 amide bonds. The van der Waals surface area contributed by atoms with Gasteiger partial charge in [0.05, 0.1) is 12.8 Å². The van der Waals surface area contributed by atoms with Crippen molar-refractivity contribution >= 4 is 5.91 Å². The maximum atomic E-state index is 12.6. The average molecular weight is 390 g/mol. The number of nitrogens with one attached hydrogen (secondary N) is 2. The number of carbonyl (C=O) groups excluding carboxylic acids is 1. The fraction of sp³-hybridized carbons (Fsp3) is 0.304. The summed E-state index contributed by atoms with van der Waals surface area (Å²) in [6, 6.07) is 20.1. The molecule has 1 aromatic heterocycles. The zero-order valence-electron chi connectivity index (χ0n) is 16.6. The van der Waals surface area contributed by atoms with Crippen LogP contribution in [0.15, 0.2) is 60.7 Å². The Morgan fingerprint density at radius 2 is 1.93 bits per heavy atom. The molecule has 0 radical (unpaired) electrons. The van der Waals surface area contributed by atoms with Crippen molar-refractivity contribution in [1.29, 1.82) is 0 Å². The molecule has 0 atom stereocenters. The van der Waals surface area contributed by atoms with E-state index in [0.717, 1.165) is 49.5 Å². The summed E-state index contributed by atoms with van der Waals surface area (Å²) in [6.45, 7) is 2.93. The first-order chi connectivity index (χ1) is 14.2. The molecular formula is C23H26N4O2. The van der Waals surface area contributed by atoms with E-state index >= 15 is 0 Å². The van der Waals surface area contributed by atoms with Crippen LogP contribution in [0.5, 0.6) is 5.75 Å². The Kier molecular flexibility index (Phi) is 5.91. The van der Waals surface area contributed by atoms with E-state index < -0.39 is 0 Å². The highest BCUT2D eigenvalue weighted by Gasteiger charge is 2.22. The van der Waals surface area contributed by atoms with E-state index in [4.69, 9.17) is 4.74 Å². The topological polar surface area (TPSA) is 70.2 Å². The Hall–Kier alpha value is -3.12. The van der Waals surface area contributed by atoms with Crippen LogP contribution >= 0.6 is 0 Å². The molecule has 1 aliphatic rings. The highest BCUT2D eigenvalue weighted by molar-refractivity contribution is 5.93. The highest BCUT2D eigenvalue weighted by Crippen LogP contribution is 2.22. The Morgan fingerprint density at radius 3 is 2.69 bits per heavy atom. The number of aromatic nitrogens is 2. The van der Waals surface area contributed by atoms with Crippen LogP contribution in [0.2, 0.25) is 0 Å². The number of H-pyrrole nitrogens is 1. The third-order valence-corrected chi connectivity index (χ3v) is 5.36. The van der Waals surface area contributed by atoms with Gasteiger partial charge in [-0.25, -0.2) is 0 Å². The zero-order chi connectivity index (χ0) is 20.1. The molecule has 0 unspecified atom stereocenters. The van der Waals surface area contributed by atoms with Gasteiger partial charge in [-0.05, 0) is 36.6 Å². The lowest BCUT2D eigenvalue weighted by Crippen LogP contribution is -2.44. The normalized spacial score (nSPS) is 15.2. The largest absolute Gasteiger partial charge is 0.497 e.